The minimum Gasteiger partial charge on any atom is -0.335 e. The van der Waals surface area contributed by atoms with Crippen molar-refractivity contribution in [3.8, 4) is 0 Å². The Bertz CT molecular complexity index is 982. The third-order valence-corrected chi connectivity index (χ3v) is 9.25. The van der Waals surface area contributed by atoms with Gasteiger partial charge in [-0.3, -0.25) is 14.6 Å². The summed E-state index contributed by atoms with van der Waals surface area (Å²) in [5.74, 6) is 0.373. The number of aromatic nitrogens is 1. The van der Waals surface area contributed by atoms with Gasteiger partial charge >= 0.3 is 0 Å². The maximum absolute atomic E-state index is 13.1. The molecule has 7 nitrogen and oxygen atoms in total. The molecule has 9 heteroatoms. The van der Waals surface area contributed by atoms with Gasteiger partial charge in [0.15, 0.2) is 9.84 Å². The number of hydrogen-bond donors (Lipinski definition) is 0. The average molecular weight is 465 g/mol. The van der Waals surface area contributed by atoms with Crippen LogP contribution < -0.4 is 0 Å². The summed E-state index contributed by atoms with van der Waals surface area (Å²) in [6, 6.07) is 8.12. The van der Waals surface area contributed by atoms with Gasteiger partial charge in [0.05, 0.1) is 34.8 Å². The number of benzene rings is 1. The van der Waals surface area contributed by atoms with Crippen LogP contribution in [-0.2, 0) is 21.2 Å². The fraction of sp³-hybridized carbons (Fsp3) is 0.636. The van der Waals surface area contributed by atoms with Crippen molar-refractivity contribution in [2.75, 3.05) is 44.2 Å². The lowest BCUT2D eigenvalue weighted by molar-refractivity contribution is -0.137. The van der Waals surface area contributed by atoms with Gasteiger partial charge in [0.1, 0.15) is 5.01 Å². The molecule has 31 heavy (non-hydrogen) atoms. The van der Waals surface area contributed by atoms with E-state index in [1.54, 1.807) is 11.3 Å². The molecule has 1 amide bonds. The molecule has 2 atom stereocenters. The van der Waals surface area contributed by atoms with E-state index in [0.717, 1.165) is 49.7 Å². The van der Waals surface area contributed by atoms with E-state index in [0.29, 0.717) is 13.0 Å². The van der Waals surface area contributed by atoms with E-state index in [4.69, 9.17) is 4.98 Å². The fourth-order valence-electron chi connectivity index (χ4n) is 4.56. The first-order valence-corrected chi connectivity index (χ1v) is 13.8. The number of para-hydroxylation sites is 1. The molecule has 0 bridgehead atoms. The van der Waals surface area contributed by atoms with Crippen molar-refractivity contribution in [3.05, 3.63) is 29.3 Å². The molecular weight excluding hydrogens is 432 g/mol. The molecule has 0 saturated carbocycles. The Kier molecular flexibility index (Phi) is 6.95. The standard InChI is InChI=1S/C22H32N4O3S2/c1-3-17(2)26(18-8-13-31(28,29)16-18)22(27)15-25-11-9-24(10-12-25)14-21-23-19-6-4-5-7-20(19)30-21/h4-7,17-18H,3,8-16H2,1-2H3/t17-,18+/m0/s1. The first kappa shape index (κ1) is 22.6. The number of fused-ring (bicyclic) bond motifs is 1. The molecule has 3 heterocycles. The molecule has 2 aromatic rings. The zero-order chi connectivity index (χ0) is 22.0. The Labute approximate surface area is 189 Å². The molecule has 170 valence electrons. The number of sulfone groups is 1. The molecule has 1 aromatic carbocycles. The summed E-state index contributed by atoms with van der Waals surface area (Å²) in [4.78, 5) is 24.3. The van der Waals surface area contributed by atoms with Crippen molar-refractivity contribution in [1.29, 1.82) is 0 Å². The van der Waals surface area contributed by atoms with Crippen molar-refractivity contribution in [2.45, 2.75) is 45.3 Å². The molecule has 0 N–H and O–H groups in total. The van der Waals surface area contributed by atoms with Crippen LogP contribution in [0.5, 0.6) is 0 Å². The maximum Gasteiger partial charge on any atom is 0.237 e. The first-order valence-electron chi connectivity index (χ1n) is 11.2. The molecule has 1 aromatic heterocycles. The van der Waals surface area contributed by atoms with Crippen molar-refractivity contribution in [3.63, 3.8) is 0 Å². The number of nitrogens with zero attached hydrogens (tertiary/aromatic N) is 4. The monoisotopic (exact) mass is 464 g/mol. The highest BCUT2D eigenvalue weighted by Crippen LogP contribution is 2.24. The Hall–Kier alpha value is -1.55. The van der Waals surface area contributed by atoms with E-state index in [2.05, 4.69) is 28.9 Å². The zero-order valence-electron chi connectivity index (χ0n) is 18.4. The second-order valence-corrected chi connectivity index (χ2v) is 12.1. The van der Waals surface area contributed by atoms with Gasteiger partial charge in [-0.05, 0) is 31.9 Å². The number of piperazine rings is 1. The van der Waals surface area contributed by atoms with Gasteiger partial charge in [-0.2, -0.15) is 0 Å². The van der Waals surface area contributed by atoms with E-state index in [-0.39, 0.29) is 29.5 Å². The summed E-state index contributed by atoms with van der Waals surface area (Å²) in [5, 5.41) is 1.14. The van der Waals surface area contributed by atoms with E-state index < -0.39 is 9.84 Å². The first-order chi connectivity index (χ1) is 14.8. The Balaban J connectivity index is 1.31. The minimum absolute atomic E-state index is 0.0612. The maximum atomic E-state index is 13.1. The molecule has 0 radical (unpaired) electrons. The van der Waals surface area contributed by atoms with E-state index in [1.807, 2.05) is 24.0 Å². The second-order valence-electron chi connectivity index (χ2n) is 8.74. The summed E-state index contributed by atoms with van der Waals surface area (Å²) < 4.78 is 25.1. The normalized spacial score (nSPS) is 23.2. The highest BCUT2D eigenvalue weighted by Gasteiger charge is 2.37. The predicted molar refractivity (Wildman–Crippen MR) is 125 cm³/mol. The quantitative estimate of drug-likeness (QED) is 0.626. The van der Waals surface area contributed by atoms with Gasteiger partial charge in [-0.25, -0.2) is 13.4 Å². The van der Waals surface area contributed by atoms with Gasteiger partial charge in [0.25, 0.3) is 0 Å². The Morgan fingerprint density at radius 1 is 1.23 bits per heavy atom. The van der Waals surface area contributed by atoms with Gasteiger partial charge < -0.3 is 4.90 Å². The molecule has 2 saturated heterocycles. The van der Waals surface area contributed by atoms with Gasteiger partial charge in [-0.15, -0.1) is 11.3 Å². The third kappa shape index (κ3) is 5.45. The third-order valence-electron chi connectivity index (χ3n) is 6.48. The summed E-state index contributed by atoms with van der Waals surface area (Å²) in [6.45, 7) is 8.79. The molecule has 2 aliphatic rings. The van der Waals surface area contributed by atoms with Crippen LogP contribution in [0.1, 0.15) is 31.7 Å². The summed E-state index contributed by atoms with van der Waals surface area (Å²) in [7, 11) is -3.01. The van der Waals surface area contributed by atoms with E-state index in [9.17, 15) is 13.2 Å². The van der Waals surface area contributed by atoms with Crippen LogP contribution in [0.15, 0.2) is 24.3 Å². The molecular formula is C22H32N4O3S2. The highest BCUT2D eigenvalue weighted by atomic mass is 32.2. The predicted octanol–water partition coefficient (Wildman–Crippen LogP) is 2.23. The lowest BCUT2D eigenvalue weighted by atomic mass is 10.1. The topological polar surface area (TPSA) is 73.8 Å². The van der Waals surface area contributed by atoms with Crippen LogP contribution in [0.4, 0.5) is 0 Å². The minimum atomic E-state index is -3.01. The number of carbonyl (C=O) groups is 1. The highest BCUT2D eigenvalue weighted by molar-refractivity contribution is 7.91. The van der Waals surface area contributed by atoms with Crippen LogP contribution in [0.3, 0.4) is 0 Å². The van der Waals surface area contributed by atoms with Crippen molar-refractivity contribution in [1.82, 2.24) is 19.7 Å². The van der Waals surface area contributed by atoms with Crippen LogP contribution >= 0.6 is 11.3 Å². The van der Waals surface area contributed by atoms with Gasteiger partial charge in [0, 0.05) is 38.3 Å². The van der Waals surface area contributed by atoms with Gasteiger partial charge in [-0.1, -0.05) is 19.1 Å². The van der Waals surface area contributed by atoms with Crippen molar-refractivity contribution in [2.24, 2.45) is 0 Å². The molecule has 0 spiro atoms. The van der Waals surface area contributed by atoms with Crippen LogP contribution in [-0.4, -0.2) is 90.3 Å². The molecule has 0 aliphatic carbocycles. The summed E-state index contributed by atoms with van der Waals surface area (Å²) >= 11 is 1.75. The Morgan fingerprint density at radius 2 is 1.94 bits per heavy atom. The molecule has 2 aliphatic heterocycles. The van der Waals surface area contributed by atoms with E-state index >= 15 is 0 Å². The number of amides is 1. The number of rotatable bonds is 7. The summed E-state index contributed by atoms with van der Waals surface area (Å²) in [5.41, 5.74) is 1.06. The fourth-order valence-corrected chi connectivity index (χ4v) is 7.28. The summed E-state index contributed by atoms with van der Waals surface area (Å²) in [6.07, 6.45) is 1.40. The zero-order valence-corrected chi connectivity index (χ0v) is 20.0. The molecule has 4 rings (SSSR count). The lowest BCUT2D eigenvalue weighted by Gasteiger charge is -2.38. The number of hydrogen-bond acceptors (Lipinski definition) is 7. The number of carbonyl (C=O) groups excluding carboxylic acids is 1. The van der Waals surface area contributed by atoms with Crippen LogP contribution in [0.25, 0.3) is 10.2 Å². The van der Waals surface area contributed by atoms with Crippen molar-refractivity contribution < 1.29 is 13.2 Å². The van der Waals surface area contributed by atoms with E-state index in [1.165, 1.54) is 4.70 Å². The Morgan fingerprint density at radius 3 is 2.58 bits per heavy atom. The van der Waals surface area contributed by atoms with Crippen LogP contribution in [0.2, 0.25) is 0 Å². The largest absolute Gasteiger partial charge is 0.335 e. The van der Waals surface area contributed by atoms with Gasteiger partial charge in [0.2, 0.25) is 5.91 Å². The molecule has 2 fully saturated rings. The average Bonchev–Trinajstić information content (AvgIpc) is 3.31. The number of thiazole rings is 1. The lowest BCUT2D eigenvalue weighted by Crippen LogP contribution is -2.53. The van der Waals surface area contributed by atoms with Crippen molar-refractivity contribution >= 4 is 37.3 Å². The van der Waals surface area contributed by atoms with Crippen LogP contribution in [0, 0.1) is 0 Å². The SMILES string of the molecule is CC[C@H](C)N(C(=O)CN1CCN(Cc2nc3ccccc3s2)CC1)[C@@H]1CCS(=O)(=O)C1. The molecule has 0 unspecified atom stereocenters. The smallest absolute Gasteiger partial charge is 0.237 e. The second kappa shape index (κ2) is 9.52.